The quantitative estimate of drug-likeness (QED) is 0.350. The Kier molecular flexibility index (Phi) is 12.7. The third kappa shape index (κ3) is 10.3. The molecule has 0 aliphatic rings. The van der Waals surface area contributed by atoms with Crippen molar-refractivity contribution < 1.29 is 9.59 Å². The molecule has 0 heterocycles. The van der Waals surface area contributed by atoms with Crippen molar-refractivity contribution in [2.45, 2.75) is 48.5 Å². The molecule has 0 aromatic heterocycles. The number of carbonyl (C=O) groups excluding carboxylic acids is 2. The first kappa shape index (κ1) is 18.8. The van der Waals surface area contributed by atoms with Gasteiger partial charge in [-0.2, -0.15) is 30.2 Å². The van der Waals surface area contributed by atoms with Gasteiger partial charge < -0.3 is 0 Å². The zero-order valence-electron chi connectivity index (χ0n) is 11.0. The van der Waals surface area contributed by atoms with Crippen LogP contribution in [0, 0.1) is 0 Å². The summed E-state index contributed by atoms with van der Waals surface area (Å²) >= 11 is 10.5. The summed E-state index contributed by atoms with van der Waals surface area (Å²) in [4.78, 5) is 27.5. The smallest absolute Gasteiger partial charge is 0.211 e. The molecule has 0 rings (SSSR count). The van der Waals surface area contributed by atoms with Crippen molar-refractivity contribution >= 4 is 49.2 Å². The minimum atomic E-state index is -0.121. The van der Waals surface area contributed by atoms with Gasteiger partial charge in [-0.15, -0.1) is 11.8 Å². The van der Waals surface area contributed by atoms with Crippen molar-refractivity contribution in [3.05, 3.63) is 0 Å². The van der Waals surface area contributed by atoms with Crippen molar-refractivity contribution in [1.29, 1.82) is 0 Å². The van der Waals surface area contributed by atoms with Crippen molar-refractivity contribution in [3.8, 4) is 0 Å². The molecule has 0 saturated carbocycles. The maximum Gasteiger partial charge on any atom is 0.236 e. The molecular formula is C12H20N2O2S3. The van der Waals surface area contributed by atoms with E-state index >= 15 is 0 Å². The fourth-order valence-electron chi connectivity index (χ4n) is 1.57. The number of rotatable bonds is 11. The summed E-state index contributed by atoms with van der Waals surface area (Å²) in [6.07, 6.45) is 6.67. The normalized spacial score (nSPS) is 14.9. The lowest BCUT2D eigenvalue weighted by atomic mass is 10.1. The summed E-state index contributed by atoms with van der Waals surface area (Å²) in [6.45, 7) is 2.50. The highest BCUT2D eigenvalue weighted by Gasteiger charge is 2.17. The fourth-order valence-corrected chi connectivity index (χ4v) is 3.19. The molecule has 7 heteroatoms. The molecule has 19 heavy (non-hydrogen) atoms. The molecule has 0 amide bonds. The topological polar surface area (TPSA) is 58.9 Å². The average Bonchev–Trinajstić information content (AvgIpc) is 2.38. The predicted molar refractivity (Wildman–Crippen MR) is 87.0 cm³/mol. The Bertz CT molecular complexity index is 329. The van der Waals surface area contributed by atoms with Crippen molar-refractivity contribution in [1.82, 2.24) is 0 Å². The summed E-state index contributed by atoms with van der Waals surface area (Å²) in [5, 5.41) is 0.160. The molecule has 0 bridgehead atoms. The minimum absolute atomic E-state index is 0.0555. The molecule has 0 fully saturated rings. The van der Waals surface area contributed by atoms with E-state index in [1.54, 1.807) is 17.8 Å². The molecule has 3 atom stereocenters. The molecule has 4 nitrogen and oxygen atoms in total. The van der Waals surface area contributed by atoms with E-state index in [1.807, 2.05) is 6.92 Å². The van der Waals surface area contributed by atoms with Gasteiger partial charge in [0.2, 0.25) is 12.2 Å². The second kappa shape index (κ2) is 12.8. The first-order valence-electron chi connectivity index (χ1n) is 6.24. The van der Waals surface area contributed by atoms with Crippen LogP contribution >= 0.6 is 37.0 Å². The Morgan fingerprint density at radius 1 is 1.16 bits per heavy atom. The van der Waals surface area contributed by atoms with Gasteiger partial charge in [-0.25, -0.2) is 14.6 Å². The monoisotopic (exact) mass is 320 g/mol. The molecule has 108 valence electrons. The van der Waals surface area contributed by atoms with Gasteiger partial charge in [0.05, 0.1) is 6.54 Å². The minimum Gasteiger partial charge on any atom is -0.211 e. The predicted octanol–water partition coefficient (Wildman–Crippen LogP) is 2.89. The lowest BCUT2D eigenvalue weighted by Gasteiger charge is -2.17. The maximum atomic E-state index is 10.3. The van der Waals surface area contributed by atoms with E-state index in [2.05, 4.69) is 35.2 Å². The zero-order chi connectivity index (χ0) is 14.5. The number of aliphatic imine (C=N–C) groups is 2. The lowest BCUT2D eigenvalue weighted by molar-refractivity contribution is 0.557. The van der Waals surface area contributed by atoms with Crippen LogP contribution < -0.4 is 0 Å². The number of isocyanates is 2. The molecule has 3 unspecified atom stereocenters. The van der Waals surface area contributed by atoms with Crippen LogP contribution in [-0.2, 0) is 9.59 Å². The zero-order valence-corrected chi connectivity index (χ0v) is 13.6. The van der Waals surface area contributed by atoms with Gasteiger partial charge in [0, 0.05) is 10.5 Å². The molecular weight excluding hydrogens is 300 g/mol. The van der Waals surface area contributed by atoms with Crippen LogP contribution in [0.4, 0.5) is 0 Å². The lowest BCUT2D eigenvalue weighted by Crippen LogP contribution is -2.16. The van der Waals surface area contributed by atoms with E-state index in [0.717, 1.165) is 31.4 Å². The van der Waals surface area contributed by atoms with E-state index in [4.69, 9.17) is 0 Å². The number of hydrogen-bond donors (Lipinski definition) is 2. The van der Waals surface area contributed by atoms with Crippen LogP contribution in [0.15, 0.2) is 9.98 Å². The third-order valence-corrected chi connectivity index (χ3v) is 4.89. The Hall–Kier alpha value is -0.190. The number of thiol groups is 2. The SMILES string of the molecule is CCSC(N=C=O)C(S)CCCC(S)CCN=C=O. The summed E-state index contributed by atoms with van der Waals surface area (Å²) in [5.41, 5.74) is 0. The largest absolute Gasteiger partial charge is 0.236 e. The van der Waals surface area contributed by atoms with Gasteiger partial charge in [0.1, 0.15) is 5.37 Å². The van der Waals surface area contributed by atoms with Gasteiger partial charge in [-0.05, 0) is 25.0 Å². The molecule has 0 spiro atoms. The highest BCUT2D eigenvalue weighted by atomic mass is 32.2. The first-order chi connectivity index (χ1) is 9.15. The van der Waals surface area contributed by atoms with Crippen LogP contribution in [0.1, 0.15) is 32.6 Å². The number of thioether (sulfide) groups is 1. The van der Waals surface area contributed by atoms with Gasteiger partial charge in [0.25, 0.3) is 0 Å². The van der Waals surface area contributed by atoms with Gasteiger partial charge >= 0.3 is 0 Å². The standard InChI is InChI=1S/C12H20N2O2S3/c1-2-19-12(14-9-16)11(18)5-3-4-10(17)6-7-13-8-15/h10-12,17-18H,2-7H2,1H3. The highest BCUT2D eigenvalue weighted by molar-refractivity contribution is 8.00. The fraction of sp³-hybridized carbons (Fsp3) is 0.833. The molecule has 0 aromatic carbocycles. The van der Waals surface area contributed by atoms with Crippen LogP contribution in [0.3, 0.4) is 0 Å². The maximum absolute atomic E-state index is 10.3. The van der Waals surface area contributed by atoms with Gasteiger partial charge in [0.15, 0.2) is 0 Å². The average molecular weight is 321 g/mol. The molecule has 0 aromatic rings. The van der Waals surface area contributed by atoms with E-state index in [-0.39, 0.29) is 15.9 Å². The third-order valence-electron chi connectivity index (χ3n) is 2.52. The van der Waals surface area contributed by atoms with E-state index < -0.39 is 0 Å². The van der Waals surface area contributed by atoms with E-state index in [0.29, 0.717) is 6.54 Å². The summed E-state index contributed by atoms with van der Waals surface area (Å²) < 4.78 is 0. The van der Waals surface area contributed by atoms with Crippen LogP contribution in [0.25, 0.3) is 0 Å². The Labute approximate surface area is 129 Å². The van der Waals surface area contributed by atoms with Crippen molar-refractivity contribution in [2.75, 3.05) is 12.3 Å². The molecule has 0 aliphatic carbocycles. The highest BCUT2D eigenvalue weighted by Crippen LogP contribution is 2.24. The Balaban J connectivity index is 3.90. The summed E-state index contributed by atoms with van der Waals surface area (Å²) in [5.74, 6) is 0.895. The van der Waals surface area contributed by atoms with E-state index in [1.165, 1.54) is 6.08 Å². The van der Waals surface area contributed by atoms with E-state index in [9.17, 15) is 9.59 Å². The molecule has 0 N–H and O–H groups in total. The van der Waals surface area contributed by atoms with Crippen molar-refractivity contribution in [2.24, 2.45) is 9.98 Å². The van der Waals surface area contributed by atoms with Gasteiger partial charge in [-0.1, -0.05) is 13.3 Å². The molecule has 0 radical (unpaired) electrons. The molecule has 0 saturated heterocycles. The van der Waals surface area contributed by atoms with Crippen LogP contribution in [0.2, 0.25) is 0 Å². The molecule has 0 aliphatic heterocycles. The Morgan fingerprint density at radius 2 is 1.89 bits per heavy atom. The number of hydrogen-bond acceptors (Lipinski definition) is 7. The summed E-state index contributed by atoms with van der Waals surface area (Å²) in [6, 6.07) is 0. The van der Waals surface area contributed by atoms with Crippen LogP contribution in [0.5, 0.6) is 0 Å². The van der Waals surface area contributed by atoms with Crippen molar-refractivity contribution in [3.63, 3.8) is 0 Å². The second-order valence-electron chi connectivity index (χ2n) is 3.98. The summed E-state index contributed by atoms with van der Waals surface area (Å²) in [7, 11) is 0. The second-order valence-corrected chi connectivity index (χ2v) is 6.77. The Morgan fingerprint density at radius 3 is 2.47 bits per heavy atom. The van der Waals surface area contributed by atoms with Gasteiger partial charge in [-0.3, -0.25) is 0 Å². The number of nitrogens with zero attached hydrogens (tertiary/aromatic N) is 2. The first-order valence-corrected chi connectivity index (χ1v) is 8.32. The van der Waals surface area contributed by atoms with Crippen LogP contribution in [-0.4, -0.2) is 40.3 Å².